The Morgan fingerprint density at radius 2 is 2.21 bits per heavy atom. The molecule has 2 aliphatic rings. The fourth-order valence-corrected chi connectivity index (χ4v) is 3.45. The number of morpholine rings is 1. The lowest BCUT2D eigenvalue weighted by molar-refractivity contribution is -0.0548. The summed E-state index contributed by atoms with van der Waals surface area (Å²) in [5.41, 5.74) is 2.40. The third kappa shape index (κ3) is 3.36. The SMILES string of the molecule is Cc1ccccc1COCc1nc([C@H]2CN3CCC[C@H]3CO2)no1. The van der Waals surface area contributed by atoms with Gasteiger partial charge in [0.05, 0.1) is 13.2 Å². The summed E-state index contributed by atoms with van der Waals surface area (Å²) in [6.45, 7) is 5.70. The lowest BCUT2D eigenvalue weighted by atomic mass is 10.1. The maximum atomic E-state index is 5.91. The molecule has 0 amide bonds. The van der Waals surface area contributed by atoms with Crippen molar-refractivity contribution in [2.24, 2.45) is 0 Å². The zero-order valence-electron chi connectivity index (χ0n) is 14.0. The molecule has 2 saturated heterocycles. The zero-order chi connectivity index (χ0) is 16.4. The molecule has 0 radical (unpaired) electrons. The van der Waals surface area contributed by atoms with Gasteiger partial charge in [0.15, 0.2) is 0 Å². The second-order valence-corrected chi connectivity index (χ2v) is 6.58. The molecule has 6 heteroatoms. The minimum absolute atomic E-state index is 0.0896. The van der Waals surface area contributed by atoms with E-state index >= 15 is 0 Å². The van der Waals surface area contributed by atoms with Crippen LogP contribution in [0.2, 0.25) is 0 Å². The summed E-state index contributed by atoms with van der Waals surface area (Å²) in [5, 5.41) is 4.08. The number of fused-ring (bicyclic) bond motifs is 1. The van der Waals surface area contributed by atoms with Crippen LogP contribution in [0.25, 0.3) is 0 Å². The first-order valence-electron chi connectivity index (χ1n) is 8.60. The van der Waals surface area contributed by atoms with Gasteiger partial charge in [0.25, 0.3) is 5.89 Å². The van der Waals surface area contributed by atoms with Gasteiger partial charge in [-0.15, -0.1) is 0 Å². The molecule has 2 aromatic rings. The number of rotatable bonds is 5. The third-order valence-electron chi connectivity index (χ3n) is 4.91. The van der Waals surface area contributed by atoms with E-state index in [1.165, 1.54) is 24.0 Å². The first kappa shape index (κ1) is 15.7. The van der Waals surface area contributed by atoms with Gasteiger partial charge in [-0.25, -0.2) is 0 Å². The molecule has 2 aliphatic heterocycles. The molecular weight excluding hydrogens is 306 g/mol. The van der Waals surface area contributed by atoms with E-state index in [1.54, 1.807) is 0 Å². The Morgan fingerprint density at radius 1 is 1.29 bits per heavy atom. The highest BCUT2D eigenvalue weighted by Crippen LogP contribution is 2.28. The summed E-state index contributed by atoms with van der Waals surface area (Å²) < 4.78 is 16.9. The van der Waals surface area contributed by atoms with Crippen LogP contribution in [0.15, 0.2) is 28.8 Å². The predicted octanol–water partition coefficient (Wildman–Crippen LogP) is 2.63. The van der Waals surface area contributed by atoms with Crippen LogP contribution in [-0.2, 0) is 22.7 Å². The minimum atomic E-state index is -0.0896. The molecule has 2 fully saturated rings. The van der Waals surface area contributed by atoms with Crippen molar-refractivity contribution >= 4 is 0 Å². The van der Waals surface area contributed by atoms with Gasteiger partial charge in [0.2, 0.25) is 5.82 Å². The molecule has 128 valence electrons. The Kier molecular flexibility index (Phi) is 4.60. The van der Waals surface area contributed by atoms with Crippen LogP contribution in [0, 0.1) is 6.92 Å². The summed E-state index contributed by atoms with van der Waals surface area (Å²) in [7, 11) is 0. The molecule has 1 aromatic carbocycles. The summed E-state index contributed by atoms with van der Waals surface area (Å²) >= 11 is 0. The molecular formula is C18H23N3O3. The molecule has 6 nitrogen and oxygen atoms in total. The second-order valence-electron chi connectivity index (χ2n) is 6.58. The molecule has 0 spiro atoms. The van der Waals surface area contributed by atoms with Crippen molar-refractivity contribution in [2.45, 2.75) is 45.1 Å². The highest BCUT2D eigenvalue weighted by Gasteiger charge is 2.34. The van der Waals surface area contributed by atoms with E-state index in [0.29, 0.717) is 31.0 Å². The molecule has 3 heterocycles. The van der Waals surface area contributed by atoms with Crippen molar-refractivity contribution in [3.8, 4) is 0 Å². The van der Waals surface area contributed by atoms with Crippen molar-refractivity contribution in [1.82, 2.24) is 15.0 Å². The zero-order valence-corrected chi connectivity index (χ0v) is 14.0. The van der Waals surface area contributed by atoms with Gasteiger partial charge < -0.3 is 14.0 Å². The Hall–Kier alpha value is -1.76. The van der Waals surface area contributed by atoms with E-state index in [4.69, 9.17) is 14.0 Å². The summed E-state index contributed by atoms with van der Waals surface area (Å²) in [6, 6.07) is 8.76. The van der Waals surface area contributed by atoms with Crippen LogP contribution in [0.3, 0.4) is 0 Å². The highest BCUT2D eigenvalue weighted by molar-refractivity contribution is 5.24. The van der Waals surface area contributed by atoms with Gasteiger partial charge in [-0.2, -0.15) is 4.98 Å². The van der Waals surface area contributed by atoms with Gasteiger partial charge in [-0.1, -0.05) is 29.4 Å². The quantitative estimate of drug-likeness (QED) is 0.840. The van der Waals surface area contributed by atoms with Crippen molar-refractivity contribution in [3.63, 3.8) is 0 Å². The number of hydrogen-bond acceptors (Lipinski definition) is 6. The first-order chi connectivity index (χ1) is 11.8. The Bertz CT molecular complexity index is 688. The van der Waals surface area contributed by atoms with Gasteiger partial charge in [-0.3, -0.25) is 4.90 Å². The number of nitrogens with zero attached hydrogens (tertiary/aromatic N) is 3. The van der Waals surface area contributed by atoms with E-state index < -0.39 is 0 Å². The Balaban J connectivity index is 1.31. The lowest BCUT2D eigenvalue weighted by Crippen LogP contribution is -2.42. The van der Waals surface area contributed by atoms with Gasteiger partial charge >= 0.3 is 0 Å². The molecule has 4 rings (SSSR count). The third-order valence-corrected chi connectivity index (χ3v) is 4.91. The molecule has 0 bridgehead atoms. The highest BCUT2D eigenvalue weighted by atomic mass is 16.5. The number of benzene rings is 1. The molecule has 0 N–H and O–H groups in total. The molecule has 24 heavy (non-hydrogen) atoms. The van der Waals surface area contributed by atoms with E-state index in [-0.39, 0.29) is 6.10 Å². The van der Waals surface area contributed by atoms with E-state index in [0.717, 1.165) is 19.7 Å². The molecule has 2 atom stereocenters. The van der Waals surface area contributed by atoms with Crippen LogP contribution in [-0.4, -0.2) is 40.8 Å². The molecule has 1 aromatic heterocycles. The lowest BCUT2D eigenvalue weighted by Gasteiger charge is -2.33. The number of ether oxygens (including phenoxy) is 2. The summed E-state index contributed by atoms with van der Waals surface area (Å²) in [5.74, 6) is 1.14. The summed E-state index contributed by atoms with van der Waals surface area (Å²) in [4.78, 5) is 6.92. The maximum absolute atomic E-state index is 5.91. The van der Waals surface area contributed by atoms with Crippen molar-refractivity contribution in [3.05, 3.63) is 47.1 Å². The average molecular weight is 329 g/mol. The van der Waals surface area contributed by atoms with Crippen LogP contribution in [0.5, 0.6) is 0 Å². The smallest absolute Gasteiger partial charge is 0.252 e. The minimum Gasteiger partial charge on any atom is -0.367 e. The maximum Gasteiger partial charge on any atom is 0.252 e. The monoisotopic (exact) mass is 329 g/mol. The molecule has 0 aliphatic carbocycles. The fraction of sp³-hybridized carbons (Fsp3) is 0.556. The summed E-state index contributed by atoms with van der Waals surface area (Å²) in [6.07, 6.45) is 2.40. The molecule has 0 unspecified atom stereocenters. The van der Waals surface area contributed by atoms with Crippen LogP contribution in [0.1, 0.15) is 41.8 Å². The van der Waals surface area contributed by atoms with E-state index in [2.05, 4.69) is 34.1 Å². The van der Waals surface area contributed by atoms with Crippen molar-refractivity contribution in [2.75, 3.05) is 19.7 Å². The van der Waals surface area contributed by atoms with Gasteiger partial charge in [-0.05, 0) is 37.4 Å². The van der Waals surface area contributed by atoms with Crippen molar-refractivity contribution < 1.29 is 14.0 Å². The standard InChI is InChI=1S/C18H23N3O3/c1-13-5-2-3-6-14(13)10-22-12-17-19-18(20-24-17)16-9-21-8-4-7-15(21)11-23-16/h2-3,5-6,15-16H,4,7-12H2,1H3/t15-,16+/m0/s1. The Morgan fingerprint density at radius 3 is 3.12 bits per heavy atom. The van der Waals surface area contributed by atoms with Gasteiger partial charge in [0, 0.05) is 12.6 Å². The van der Waals surface area contributed by atoms with E-state index in [1.807, 2.05) is 12.1 Å². The molecule has 0 saturated carbocycles. The topological polar surface area (TPSA) is 60.6 Å². The van der Waals surface area contributed by atoms with Crippen LogP contribution < -0.4 is 0 Å². The number of hydrogen-bond donors (Lipinski definition) is 0. The fourth-order valence-electron chi connectivity index (χ4n) is 3.45. The van der Waals surface area contributed by atoms with Crippen LogP contribution >= 0.6 is 0 Å². The van der Waals surface area contributed by atoms with Gasteiger partial charge in [0.1, 0.15) is 12.7 Å². The second kappa shape index (κ2) is 7.01. The normalized spacial score (nSPS) is 24.2. The first-order valence-corrected chi connectivity index (χ1v) is 8.60. The number of aromatic nitrogens is 2. The predicted molar refractivity (Wildman–Crippen MR) is 87.3 cm³/mol. The average Bonchev–Trinajstić information content (AvgIpc) is 3.25. The van der Waals surface area contributed by atoms with Crippen LogP contribution in [0.4, 0.5) is 0 Å². The Labute approximate surface area is 141 Å². The van der Waals surface area contributed by atoms with E-state index in [9.17, 15) is 0 Å². The number of aryl methyl sites for hydroxylation is 1. The largest absolute Gasteiger partial charge is 0.367 e. The van der Waals surface area contributed by atoms with Crippen molar-refractivity contribution in [1.29, 1.82) is 0 Å².